The van der Waals surface area contributed by atoms with E-state index < -0.39 is 20.9 Å². The van der Waals surface area contributed by atoms with E-state index in [2.05, 4.69) is 10.6 Å². The monoisotopic (exact) mass is 378 g/mol. The van der Waals surface area contributed by atoms with Crippen LogP contribution in [0.15, 0.2) is 29.2 Å². The summed E-state index contributed by atoms with van der Waals surface area (Å²) < 4.78 is 37.6. The highest BCUT2D eigenvalue weighted by molar-refractivity contribution is 7.92. The first kappa shape index (κ1) is 20.9. The fourth-order valence-corrected chi connectivity index (χ4v) is 4.03. The molecule has 8 heteroatoms. The highest BCUT2D eigenvalue weighted by atomic mass is 35.5. The summed E-state index contributed by atoms with van der Waals surface area (Å²) in [5.41, 5.74) is 0. The predicted molar refractivity (Wildman–Crippen MR) is 93.5 cm³/mol. The van der Waals surface area contributed by atoms with Crippen LogP contribution in [0.4, 0.5) is 4.39 Å². The van der Waals surface area contributed by atoms with Gasteiger partial charge in [-0.25, -0.2) is 12.8 Å². The highest BCUT2D eigenvalue weighted by Gasteiger charge is 2.25. The maximum atomic E-state index is 12.9. The van der Waals surface area contributed by atoms with Gasteiger partial charge in [0, 0.05) is 13.0 Å². The lowest BCUT2D eigenvalue weighted by Crippen LogP contribution is -2.31. The summed E-state index contributed by atoms with van der Waals surface area (Å²) in [5.74, 6) is -0.180. The van der Waals surface area contributed by atoms with Crippen molar-refractivity contribution in [2.45, 2.75) is 36.3 Å². The Morgan fingerprint density at radius 1 is 1.38 bits per heavy atom. The lowest BCUT2D eigenvalue weighted by atomic mass is 10.1. The van der Waals surface area contributed by atoms with Gasteiger partial charge in [0.2, 0.25) is 5.91 Å². The van der Waals surface area contributed by atoms with Crippen molar-refractivity contribution in [2.24, 2.45) is 5.92 Å². The zero-order valence-corrected chi connectivity index (χ0v) is 15.3. The number of rotatable bonds is 7. The topological polar surface area (TPSA) is 75.3 Å². The first-order chi connectivity index (χ1) is 10.9. The van der Waals surface area contributed by atoms with Crippen molar-refractivity contribution in [2.75, 3.05) is 19.6 Å². The van der Waals surface area contributed by atoms with Crippen molar-refractivity contribution in [3.05, 3.63) is 30.1 Å². The number of hydrogen-bond acceptors (Lipinski definition) is 4. The SMILES string of the molecule is CC(CC(=O)NCCC1CCNC1)S(=O)(=O)c1ccc(F)cc1.Cl. The summed E-state index contributed by atoms with van der Waals surface area (Å²) in [4.78, 5) is 11.9. The van der Waals surface area contributed by atoms with Crippen molar-refractivity contribution >= 4 is 28.2 Å². The van der Waals surface area contributed by atoms with Crippen LogP contribution < -0.4 is 10.6 Å². The third kappa shape index (κ3) is 5.72. The standard InChI is InChI=1S/C16H23FN2O3S.ClH/c1-12(23(21,22)15-4-2-14(17)3-5-15)10-16(20)19-9-7-13-6-8-18-11-13;/h2-5,12-13,18H,6-11H2,1H3,(H,19,20);1H. The third-order valence-electron chi connectivity index (χ3n) is 4.18. The summed E-state index contributed by atoms with van der Waals surface area (Å²) in [7, 11) is -3.63. The zero-order valence-electron chi connectivity index (χ0n) is 13.6. The van der Waals surface area contributed by atoms with Crippen LogP contribution in [-0.4, -0.2) is 39.2 Å². The van der Waals surface area contributed by atoms with Crippen LogP contribution in [0.2, 0.25) is 0 Å². The Balaban J connectivity index is 0.00000288. The molecule has 0 aliphatic carbocycles. The number of halogens is 2. The Labute approximate surface area is 148 Å². The smallest absolute Gasteiger partial charge is 0.221 e. The molecule has 1 aliphatic heterocycles. The quantitative estimate of drug-likeness (QED) is 0.711. The van der Waals surface area contributed by atoms with E-state index >= 15 is 0 Å². The molecule has 2 atom stereocenters. The highest BCUT2D eigenvalue weighted by Crippen LogP contribution is 2.18. The third-order valence-corrected chi connectivity index (χ3v) is 6.34. The van der Waals surface area contributed by atoms with Crippen molar-refractivity contribution in [1.29, 1.82) is 0 Å². The Kier molecular flexibility index (Phi) is 8.12. The second-order valence-corrected chi connectivity index (χ2v) is 8.38. The molecule has 1 amide bonds. The van der Waals surface area contributed by atoms with Gasteiger partial charge in [-0.15, -0.1) is 12.4 Å². The molecule has 0 saturated carbocycles. The lowest BCUT2D eigenvalue weighted by molar-refractivity contribution is -0.121. The fraction of sp³-hybridized carbons (Fsp3) is 0.562. The zero-order chi connectivity index (χ0) is 16.9. The van der Waals surface area contributed by atoms with Crippen molar-refractivity contribution in [1.82, 2.24) is 10.6 Å². The molecule has 24 heavy (non-hydrogen) atoms. The minimum absolute atomic E-state index is 0. The summed E-state index contributed by atoms with van der Waals surface area (Å²) in [5, 5.41) is 5.20. The minimum atomic E-state index is -3.63. The molecule has 136 valence electrons. The Hall–Kier alpha value is -1.18. The molecular weight excluding hydrogens is 355 g/mol. The molecule has 1 aromatic rings. The van der Waals surface area contributed by atoms with Crippen LogP contribution in [0.1, 0.15) is 26.2 Å². The van der Waals surface area contributed by atoms with Gasteiger partial charge in [0.25, 0.3) is 0 Å². The summed E-state index contributed by atoms with van der Waals surface area (Å²) in [6.45, 7) is 4.06. The van der Waals surface area contributed by atoms with Gasteiger partial charge in [0.15, 0.2) is 9.84 Å². The van der Waals surface area contributed by atoms with E-state index in [-0.39, 0.29) is 29.6 Å². The molecule has 1 heterocycles. The molecule has 2 unspecified atom stereocenters. The van der Waals surface area contributed by atoms with Gasteiger partial charge in [0.05, 0.1) is 10.1 Å². The average molecular weight is 379 g/mol. The fourth-order valence-electron chi connectivity index (χ4n) is 2.68. The Bertz CT molecular complexity index is 631. The van der Waals surface area contributed by atoms with E-state index in [1.165, 1.54) is 19.1 Å². The summed E-state index contributed by atoms with van der Waals surface area (Å²) in [6.07, 6.45) is 1.92. The van der Waals surface area contributed by atoms with Gasteiger partial charge in [0.1, 0.15) is 5.82 Å². The van der Waals surface area contributed by atoms with E-state index in [1.807, 2.05) is 0 Å². The number of nitrogens with one attached hydrogen (secondary N) is 2. The summed E-state index contributed by atoms with van der Waals surface area (Å²) >= 11 is 0. The van der Waals surface area contributed by atoms with Crippen molar-refractivity contribution in [3.63, 3.8) is 0 Å². The number of carbonyl (C=O) groups excluding carboxylic acids is 1. The summed E-state index contributed by atoms with van der Waals surface area (Å²) in [6, 6.07) is 4.67. The van der Waals surface area contributed by atoms with Crippen LogP contribution >= 0.6 is 12.4 Å². The molecule has 0 radical (unpaired) electrons. The van der Waals surface area contributed by atoms with Crippen molar-refractivity contribution < 1.29 is 17.6 Å². The first-order valence-electron chi connectivity index (χ1n) is 7.86. The molecule has 2 N–H and O–H groups in total. The first-order valence-corrected chi connectivity index (χ1v) is 9.41. The second-order valence-electron chi connectivity index (χ2n) is 6.01. The largest absolute Gasteiger partial charge is 0.356 e. The molecule has 2 rings (SSSR count). The molecule has 0 aromatic heterocycles. The second kappa shape index (κ2) is 9.34. The van der Waals surface area contributed by atoms with Crippen LogP contribution in [0.3, 0.4) is 0 Å². The van der Waals surface area contributed by atoms with Gasteiger partial charge in [-0.3, -0.25) is 4.79 Å². The molecule has 1 saturated heterocycles. The number of carbonyl (C=O) groups is 1. The number of benzene rings is 1. The maximum Gasteiger partial charge on any atom is 0.221 e. The van der Waals surface area contributed by atoms with Crippen LogP contribution in [0.5, 0.6) is 0 Å². The van der Waals surface area contributed by atoms with Crippen LogP contribution in [0, 0.1) is 11.7 Å². The molecule has 1 aliphatic rings. The Morgan fingerprint density at radius 2 is 2.04 bits per heavy atom. The molecule has 1 fully saturated rings. The normalized spacial score (nSPS) is 18.7. The van der Waals surface area contributed by atoms with E-state index in [0.29, 0.717) is 12.5 Å². The van der Waals surface area contributed by atoms with Crippen LogP contribution in [0.25, 0.3) is 0 Å². The van der Waals surface area contributed by atoms with E-state index in [9.17, 15) is 17.6 Å². The average Bonchev–Trinajstić information content (AvgIpc) is 3.01. The van der Waals surface area contributed by atoms with Gasteiger partial charge in [-0.05, 0) is 63.0 Å². The molecule has 5 nitrogen and oxygen atoms in total. The Morgan fingerprint density at radius 3 is 2.62 bits per heavy atom. The molecular formula is C16H24ClFN2O3S. The van der Waals surface area contributed by atoms with Gasteiger partial charge >= 0.3 is 0 Å². The number of amides is 1. The van der Waals surface area contributed by atoms with Gasteiger partial charge in [-0.1, -0.05) is 0 Å². The van der Waals surface area contributed by atoms with Crippen LogP contribution in [-0.2, 0) is 14.6 Å². The molecule has 0 bridgehead atoms. The lowest BCUT2D eigenvalue weighted by Gasteiger charge is -2.14. The van der Waals surface area contributed by atoms with E-state index in [0.717, 1.165) is 38.1 Å². The number of hydrogen-bond donors (Lipinski definition) is 2. The predicted octanol–water partition coefficient (Wildman–Crippen LogP) is 1.92. The van der Waals surface area contributed by atoms with E-state index in [4.69, 9.17) is 0 Å². The van der Waals surface area contributed by atoms with Gasteiger partial charge in [-0.2, -0.15) is 0 Å². The molecule has 0 spiro atoms. The van der Waals surface area contributed by atoms with Gasteiger partial charge < -0.3 is 10.6 Å². The molecule has 1 aromatic carbocycles. The minimum Gasteiger partial charge on any atom is -0.356 e. The number of sulfone groups is 1. The van der Waals surface area contributed by atoms with Crippen molar-refractivity contribution in [3.8, 4) is 0 Å². The van der Waals surface area contributed by atoms with E-state index in [1.54, 1.807) is 0 Å². The maximum absolute atomic E-state index is 12.9.